The molecule has 0 saturated heterocycles. The number of hydrazone groups is 1. The number of nitrogens with zero attached hydrogens (tertiary/aromatic N) is 1. The number of benzene rings is 1. The lowest BCUT2D eigenvalue weighted by molar-refractivity contribution is -0.139. The van der Waals surface area contributed by atoms with Gasteiger partial charge in [-0.3, -0.25) is 9.59 Å². The van der Waals surface area contributed by atoms with Crippen molar-refractivity contribution >= 4 is 29.6 Å². The molecule has 120 valence electrons. The molecule has 1 aromatic rings. The average molecular weight is 326 g/mol. The van der Waals surface area contributed by atoms with Crippen LogP contribution >= 0.6 is 11.6 Å². The minimum Gasteiger partial charge on any atom is -0.493 e. The van der Waals surface area contributed by atoms with Crippen molar-refractivity contribution in [2.24, 2.45) is 5.10 Å². The molecule has 1 aromatic carbocycles. The molecule has 0 aliphatic heterocycles. The first-order chi connectivity index (χ1) is 10.4. The Kier molecular flexibility index (Phi) is 7.39. The van der Waals surface area contributed by atoms with Crippen molar-refractivity contribution in [1.82, 2.24) is 10.7 Å². The number of hydrogen-bond acceptors (Lipinski definition) is 4. The number of rotatable bonds is 6. The molecule has 0 radical (unpaired) electrons. The van der Waals surface area contributed by atoms with Crippen LogP contribution in [0.2, 0.25) is 5.02 Å². The Morgan fingerprint density at radius 2 is 2.09 bits per heavy atom. The Bertz CT molecular complexity index is 559. The molecule has 0 fully saturated rings. The minimum atomic E-state index is -0.831. The number of ether oxygens (including phenoxy) is 1. The summed E-state index contributed by atoms with van der Waals surface area (Å²) in [4.78, 5) is 22.9. The van der Waals surface area contributed by atoms with Crippen LogP contribution in [0.25, 0.3) is 0 Å². The predicted molar refractivity (Wildman–Crippen MR) is 86.3 cm³/mol. The van der Waals surface area contributed by atoms with Crippen LogP contribution in [-0.4, -0.2) is 30.7 Å². The molecule has 0 aromatic heterocycles. The molecule has 22 heavy (non-hydrogen) atoms. The summed E-state index contributed by atoms with van der Waals surface area (Å²) in [6.45, 7) is 6.08. The zero-order chi connectivity index (χ0) is 16.5. The van der Waals surface area contributed by atoms with Crippen molar-refractivity contribution < 1.29 is 14.3 Å². The van der Waals surface area contributed by atoms with Crippen LogP contribution in [0, 0.1) is 0 Å². The third-order valence-corrected chi connectivity index (χ3v) is 2.66. The molecule has 0 bridgehead atoms. The van der Waals surface area contributed by atoms with Gasteiger partial charge in [-0.05, 0) is 38.5 Å². The zero-order valence-electron chi connectivity index (χ0n) is 12.9. The Balaban J connectivity index is 2.71. The Morgan fingerprint density at radius 3 is 2.73 bits per heavy atom. The van der Waals surface area contributed by atoms with E-state index in [1.165, 1.54) is 6.21 Å². The first-order valence-electron chi connectivity index (χ1n) is 7.00. The summed E-state index contributed by atoms with van der Waals surface area (Å²) in [5.41, 5.74) is 2.78. The zero-order valence-corrected chi connectivity index (χ0v) is 13.6. The highest BCUT2D eigenvalue weighted by Gasteiger charge is 2.13. The Hall–Kier alpha value is -2.08. The molecule has 0 heterocycles. The van der Waals surface area contributed by atoms with E-state index in [4.69, 9.17) is 16.3 Å². The SMILES string of the molecule is CCCOc1ccc(Cl)cc1/C=N\NC(=O)C(=O)NC(C)C. The molecule has 0 unspecified atom stereocenters. The second-order valence-electron chi connectivity index (χ2n) is 4.86. The van der Waals surface area contributed by atoms with Gasteiger partial charge in [-0.25, -0.2) is 5.43 Å². The molecule has 0 aliphatic rings. The van der Waals surface area contributed by atoms with Gasteiger partial charge in [0.05, 0.1) is 12.8 Å². The van der Waals surface area contributed by atoms with E-state index < -0.39 is 11.8 Å². The van der Waals surface area contributed by atoms with Crippen molar-refractivity contribution in [2.45, 2.75) is 33.2 Å². The van der Waals surface area contributed by atoms with Crippen molar-refractivity contribution in [3.8, 4) is 5.75 Å². The average Bonchev–Trinajstić information content (AvgIpc) is 2.45. The molecule has 0 saturated carbocycles. The van der Waals surface area contributed by atoms with E-state index in [1.54, 1.807) is 32.0 Å². The van der Waals surface area contributed by atoms with Gasteiger partial charge in [0.15, 0.2) is 0 Å². The fraction of sp³-hybridized carbons (Fsp3) is 0.400. The number of nitrogens with one attached hydrogen (secondary N) is 2. The summed E-state index contributed by atoms with van der Waals surface area (Å²) in [6.07, 6.45) is 2.25. The summed E-state index contributed by atoms with van der Waals surface area (Å²) in [5.74, 6) is -0.959. The van der Waals surface area contributed by atoms with Crippen LogP contribution in [0.1, 0.15) is 32.8 Å². The largest absolute Gasteiger partial charge is 0.493 e. The number of hydrogen-bond donors (Lipinski definition) is 2. The molecule has 6 nitrogen and oxygen atoms in total. The van der Waals surface area contributed by atoms with Crippen molar-refractivity contribution in [1.29, 1.82) is 0 Å². The summed E-state index contributed by atoms with van der Waals surface area (Å²) in [5, 5.41) is 6.75. The topological polar surface area (TPSA) is 79.8 Å². The summed E-state index contributed by atoms with van der Waals surface area (Å²) in [6, 6.07) is 4.98. The van der Waals surface area contributed by atoms with Gasteiger partial charge in [-0.2, -0.15) is 5.10 Å². The molecular weight excluding hydrogens is 306 g/mol. The lowest BCUT2D eigenvalue weighted by Gasteiger charge is -2.08. The van der Waals surface area contributed by atoms with Crippen LogP contribution in [0.4, 0.5) is 0 Å². The first-order valence-corrected chi connectivity index (χ1v) is 7.38. The summed E-state index contributed by atoms with van der Waals surface area (Å²) < 4.78 is 5.56. The molecule has 2 amide bonds. The van der Waals surface area contributed by atoms with Crippen LogP contribution in [0.5, 0.6) is 5.75 Å². The van der Waals surface area contributed by atoms with Gasteiger partial charge in [0, 0.05) is 16.6 Å². The highest BCUT2D eigenvalue weighted by atomic mass is 35.5. The maximum absolute atomic E-state index is 11.5. The second-order valence-corrected chi connectivity index (χ2v) is 5.29. The molecule has 2 N–H and O–H groups in total. The number of carbonyl (C=O) groups is 2. The standard InChI is InChI=1S/C15H20ClN3O3/c1-4-7-22-13-6-5-12(16)8-11(13)9-17-19-15(21)14(20)18-10(2)3/h5-6,8-10H,4,7H2,1-3H3,(H,18,20)(H,19,21)/b17-9-. The maximum Gasteiger partial charge on any atom is 0.329 e. The van der Waals surface area contributed by atoms with E-state index in [2.05, 4.69) is 15.8 Å². The van der Waals surface area contributed by atoms with Gasteiger partial charge < -0.3 is 10.1 Å². The monoisotopic (exact) mass is 325 g/mol. The third kappa shape index (κ3) is 6.13. The van der Waals surface area contributed by atoms with Gasteiger partial charge in [0.1, 0.15) is 5.75 Å². The number of halogens is 1. The number of amides is 2. The Labute approximate surface area is 134 Å². The first kappa shape index (κ1) is 18.0. The second kappa shape index (κ2) is 9.04. The molecule has 1 rings (SSSR count). The van der Waals surface area contributed by atoms with E-state index in [9.17, 15) is 9.59 Å². The third-order valence-electron chi connectivity index (χ3n) is 2.43. The molecular formula is C15H20ClN3O3. The van der Waals surface area contributed by atoms with Crippen LogP contribution < -0.4 is 15.5 Å². The highest BCUT2D eigenvalue weighted by Crippen LogP contribution is 2.21. The van der Waals surface area contributed by atoms with Gasteiger partial charge in [-0.1, -0.05) is 18.5 Å². The fourth-order valence-corrected chi connectivity index (χ4v) is 1.68. The molecule has 0 atom stereocenters. The van der Waals surface area contributed by atoms with Crippen LogP contribution in [0.3, 0.4) is 0 Å². The van der Waals surface area contributed by atoms with E-state index in [1.807, 2.05) is 6.92 Å². The predicted octanol–water partition coefficient (Wildman–Crippen LogP) is 2.10. The van der Waals surface area contributed by atoms with Gasteiger partial charge >= 0.3 is 11.8 Å². The van der Waals surface area contributed by atoms with Gasteiger partial charge in [0.2, 0.25) is 0 Å². The highest BCUT2D eigenvalue weighted by molar-refractivity contribution is 6.35. The van der Waals surface area contributed by atoms with E-state index in [0.717, 1.165) is 6.42 Å². The fourth-order valence-electron chi connectivity index (χ4n) is 1.50. The summed E-state index contributed by atoms with van der Waals surface area (Å²) in [7, 11) is 0. The smallest absolute Gasteiger partial charge is 0.329 e. The van der Waals surface area contributed by atoms with Crippen LogP contribution in [-0.2, 0) is 9.59 Å². The maximum atomic E-state index is 11.5. The van der Waals surface area contributed by atoms with Gasteiger partial charge in [-0.15, -0.1) is 0 Å². The van der Waals surface area contributed by atoms with E-state index >= 15 is 0 Å². The number of carbonyl (C=O) groups excluding carboxylic acids is 2. The molecule has 0 aliphatic carbocycles. The lowest BCUT2D eigenvalue weighted by Crippen LogP contribution is -2.41. The van der Waals surface area contributed by atoms with Crippen molar-refractivity contribution in [3.63, 3.8) is 0 Å². The quantitative estimate of drug-likeness (QED) is 0.477. The van der Waals surface area contributed by atoms with Crippen LogP contribution in [0.15, 0.2) is 23.3 Å². The molecule has 7 heteroatoms. The van der Waals surface area contributed by atoms with E-state index in [0.29, 0.717) is 22.9 Å². The Morgan fingerprint density at radius 1 is 1.36 bits per heavy atom. The lowest BCUT2D eigenvalue weighted by atomic mass is 10.2. The summed E-state index contributed by atoms with van der Waals surface area (Å²) >= 11 is 5.93. The molecule has 0 spiro atoms. The van der Waals surface area contributed by atoms with Gasteiger partial charge in [0.25, 0.3) is 0 Å². The minimum absolute atomic E-state index is 0.121. The van der Waals surface area contributed by atoms with E-state index in [-0.39, 0.29) is 6.04 Å². The van der Waals surface area contributed by atoms with Crippen molar-refractivity contribution in [3.05, 3.63) is 28.8 Å². The normalized spacial score (nSPS) is 10.8. The van der Waals surface area contributed by atoms with Crippen molar-refractivity contribution in [2.75, 3.05) is 6.61 Å².